The summed E-state index contributed by atoms with van der Waals surface area (Å²) >= 11 is 8.82. The highest BCUT2D eigenvalue weighted by molar-refractivity contribution is 8.11. The zero-order valence-corrected chi connectivity index (χ0v) is 8.81. The summed E-state index contributed by atoms with van der Waals surface area (Å²) in [6.45, 7) is 1.45. The van der Waals surface area contributed by atoms with E-state index in [9.17, 15) is 4.79 Å². The first kappa shape index (κ1) is 10.2. The molecule has 1 aromatic carbocycles. The molecule has 0 radical (unpaired) electrons. The van der Waals surface area contributed by atoms with E-state index in [0.29, 0.717) is 0 Å². The van der Waals surface area contributed by atoms with Gasteiger partial charge in [0.15, 0.2) is 0 Å². The Morgan fingerprint density at radius 2 is 1.92 bits per heavy atom. The van der Waals surface area contributed by atoms with E-state index in [1.165, 1.54) is 11.8 Å². The van der Waals surface area contributed by atoms with Crippen LogP contribution in [-0.2, 0) is 4.79 Å². The molecule has 68 valence electrons. The molecule has 0 heterocycles. The molecule has 1 rings (SSSR count). The predicted molar refractivity (Wildman–Crippen MR) is 61.2 cm³/mol. The summed E-state index contributed by atoms with van der Waals surface area (Å²) in [5, 5.41) is 0. The van der Waals surface area contributed by atoms with E-state index in [4.69, 9.17) is 12.2 Å². The average molecular weight is 211 g/mol. The highest BCUT2D eigenvalue weighted by Crippen LogP contribution is 2.15. The van der Waals surface area contributed by atoms with E-state index in [1.807, 2.05) is 30.3 Å². The van der Waals surface area contributed by atoms with Crippen molar-refractivity contribution in [2.75, 3.05) is 4.90 Å². The molecule has 1 amide bonds. The second-order valence-corrected chi connectivity index (χ2v) is 3.59. The van der Waals surface area contributed by atoms with Crippen molar-refractivity contribution >= 4 is 40.8 Å². The molecule has 0 unspecified atom stereocenters. The van der Waals surface area contributed by atoms with Crippen molar-refractivity contribution in [3.63, 3.8) is 0 Å². The standard InChI is InChI=1S/C9H9NOS2/c1-7(11)10(9(12)13)8-5-3-2-4-6-8/h2-6H,1H3,(H,12,13). The minimum Gasteiger partial charge on any atom is -0.274 e. The van der Waals surface area contributed by atoms with Crippen molar-refractivity contribution in [3.8, 4) is 0 Å². The quantitative estimate of drug-likeness (QED) is 0.568. The van der Waals surface area contributed by atoms with Gasteiger partial charge in [-0.3, -0.25) is 9.69 Å². The van der Waals surface area contributed by atoms with E-state index >= 15 is 0 Å². The number of hydrogen-bond acceptors (Lipinski definition) is 2. The lowest BCUT2D eigenvalue weighted by molar-refractivity contribution is -0.115. The molecule has 0 saturated carbocycles. The SMILES string of the molecule is CC(=O)N(C(=S)S)c1ccccc1. The van der Waals surface area contributed by atoms with E-state index in [-0.39, 0.29) is 10.2 Å². The highest BCUT2D eigenvalue weighted by Gasteiger charge is 2.12. The number of hydrogen-bond donors (Lipinski definition) is 1. The molecule has 1 aromatic rings. The van der Waals surface area contributed by atoms with Crippen molar-refractivity contribution in [2.24, 2.45) is 0 Å². The normalized spacial score (nSPS) is 9.38. The number of anilines is 1. The Morgan fingerprint density at radius 3 is 2.31 bits per heavy atom. The van der Waals surface area contributed by atoms with Crippen LogP contribution < -0.4 is 4.90 Å². The largest absolute Gasteiger partial charge is 0.274 e. The maximum absolute atomic E-state index is 11.2. The fourth-order valence-electron chi connectivity index (χ4n) is 1.00. The molecule has 0 aliphatic rings. The molecule has 0 fully saturated rings. The van der Waals surface area contributed by atoms with Gasteiger partial charge in [0.25, 0.3) is 0 Å². The topological polar surface area (TPSA) is 20.3 Å². The Morgan fingerprint density at radius 1 is 1.38 bits per heavy atom. The molecule has 0 aliphatic heterocycles. The summed E-state index contributed by atoms with van der Waals surface area (Å²) in [6, 6.07) is 9.19. The first-order chi connectivity index (χ1) is 6.13. The number of thiocarbonyl (C=S) groups is 1. The lowest BCUT2D eigenvalue weighted by Gasteiger charge is -2.18. The number of carbonyl (C=O) groups excluding carboxylic acids is 1. The molecule has 4 heteroatoms. The molecule has 0 atom stereocenters. The molecule has 13 heavy (non-hydrogen) atoms. The van der Waals surface area contributed by atoms with Gasteiger partial charge in [-0.1, -0.05) is 30.4 Å². The first-order valence-electron chi connectivity index (χ1n) is 3.71. The van der Waals surface area contributed by atoms with Crippen LogP contribution in [-0.4, -0.2) is 10.2 Å². The first-order valence-corrected chi connectivity index (χ1v) is 4.57. The van der Waals surface area contributed by atoms with Crippen LogP contribution in [0.1, 0.15) is 6.92 Å². The minimum absolute atomic E-state index is 0.133. The summed E-state index contributed by atoms with van der Waals surface area (Å²) in [7, 11) is 0. The Kier molecular flexibility index (Phi) is 3.45. The summed E-state index contributed by atoms with van der Waals surface area (Å²) in [5.74, 6) is -0.133. The number of amides is 1. The van der Waals surface area contributed by atoms with Gasteiger partial charge in [-0.2, -0.15) is 0 Å². The predicted octanol–water partition coefficient (Wildman–Crippen LogP) is 2.25. The Hall–Kier alpha value is -0.870. The third-order valence-electron chi connectivity index (χ3n) is 1.52. The zero-order valence-electron chi connectivity index (χ0n) is 7.10. The minimum atomic E-state index is -0.133. The number of rotatable bonds is 1. The third kappa shape index (κ3) is 2.54. The fraction of sp³-hybridized carbons (Fsp3) is 0.111. The Bertz CT molecular complexity index is 310. The average Bonchev–Trinajstić information content (AvgIpc) is 2.04. The molecule has 2 nitrogen and oxygen atoms in total. The lowest BCUT2D eigenvalue weighted by Crippen LogP contribution is -2.30. The third-order valence-corrected chi connectivity index (χ3v) is 1.90. The second-order valence-electron chi connectivity index (χ2n) is 2.47. The van der Waals surface area contributed by atoms with Crippen LogP contribution in [0.15, 0.2) is 30.3 Å². The Labute approximate surface area is 88.0 Å². The van der Waals surface area contributed by atoms with Crippen LogP contribution in [0.5, 0.6) is 0 Å². The maximum Gasteiger partial charge on any atom is 0.229 e. The zero-order chi connectivity index (χ0) is 9.84. The van der Waals surface area contributed by atoms with Crippen LogP contribution >= 0.6 is 24.8 Å². The molecular weight excluding hydrogens is 202 g/mol. The summed E-state index contributed by atoms with van der Waals surface area (Å²) in [6.07, 6.45) is 0. The van der Waals surface area contributed by atoms with Gasteiger partial charge >= 0.3 is 0 Å². The van der Waals surface area contributed by atoms with E-state index in [0.717, 1.165) is 5.69 Å². The summed E-state index contributed by atoms with van der Waals surface area (Å²) < 4.78 is 0.263. The fourth-order valence-corrected chi connectivity index (χ4v) is 1.49. The molecule has 0 spiro atoms. The van der Waals surface area contributed by atoms with Gasteiger partial charge in [0.1, 0.15) is 4.32 Å². The van der Waals surface area contributed by atoms with E-state index in [1.54, 1.807) is 0 Å². The van der Waals surface area contributed by atoms with Gasteiger partial charge in [0.05, 0.1) is 5.69 Å². The summed E-state index contributed by atoms with van der Waals surface area (Å²) in [4.78, 5) is 12.5. The van der Waals surface area contributed by atoms with E-state index < -0.39 is 0 Å². The van der Waals surface area contributed by atoms with Crippen molar-refractivity contribution in [2.45, 2.75) is 6.92 Å². The lowest BCUT2D eigenvalue weighted by atomic mass is 10.3. The number of carbonyl (C=O) groups is 1. The van der Waals surface area contributed by atoms with Crippen LogP contribution in [0.3, 0.4) is 0 Å². The van der Waals surface area contributed by atoms with Crippen LogP contribution in [0, 0.1) is 0 Å². The Balaban J connectivity index is 3.03. The van der Waals surface area contributed by atoms with E-state index in [2.05, 4.69) is 12.6 Å². The van der Waals surface area contributed by atoms with Gasteiger partial charge in [-0.05, 0) is 12.1 Å². The van der Waals surface area contributed by atoms with Gasteiger partial charge in [0, 0.05) is 6.92 Å². The van der Waals surface area contributed by atoms with Crippen molar-refractivity contribution in [3.05, 3.63) is 30.3 Å². The van der Waals surface area contributed by atoms with Crippen molar-refractivity contribution < 1.29 is 4.79 Å². The van der Waals surface area contributed by atoms with Crippen LogP contribution in [0.2, 0.25) is 0 Å². The number of thiol groups is 1. The van der Waals surface area contributed by atoms with Gasteiger partial charge in [0.2, 0.25) is 5.91 Å². The maximum atomic E-state index is 11.2. The molecular formula is C9H9NOS2. The monoisotopic (exact) mass is 211 g/mol. The molecule has 0 bridgehead atoms. The molecule has 0 aliphatic carbocycles. The van der Waals surface area contributed by atoms with Crippen LogP contribution in [0.25, 0.3) is 0 Å². The van der Waals surface area contributed by atoms with Gasteiger partial charge in [-0.25, -0.2) is 0 Å². The number of para-hydroxylation sites is 1. The van der Waals surface area contributed by atoms with Gasteiger partial charge in [-0.15, -0.1) is 12.6 Å². The smallest absolute Gasteiger partial charge is 0.229 e. The molecule has 0 N–H and O–H groups in total. The highest BCUT2D eigenvalue weighted by atomic mass is 32.1. The summed E-state index contributed by atoms with van der Waals surface area (Å²) in [5.41, 5.74) is 0.745. The van der Waals surface area contributed by atoms with Crippen molar-refractivity contribution in [1.29, 1.82) is 0 Å². The molecule has 0 aromatic heterocycles. The number of benzene rings is 1. The molecule has 0 saturated heterocycles. The number of nitrogens with zero attached hydrogens (tertiary/aromatic N) is 1. The van der Waals surface area contributed by atoms with Crippen LogP contribution in [0.4, 0.5) is 5.69 Å². The second kappa shape index (κ2) is 4.39. The van der Waals surface area contributed by atoms with Crippen molar-refractivity contribution in [1.82, 2.24) is 0 Å². The van der Waals surface area contributed by atoms with Gasteiger partial charge < -0.3 is 0 Å².